The van der Waals surface area contributed by atoms with E-state index in [-0.39, 0.29) is 6.61 Å². The standard InChI is InChI=1S/C19H18N2O3S/c1-12-6-4-5-7-16(12)19(23)24-10-17(22)21-18-13(2)8-15(25-11-20)9-14(18)3/h4-9H,10H2,1-3H3,(H,21,22). The average Bonchev–Trinajstić information content (AvgIpc) is 2.57. The molecule has 2 rings (SSSR count). The Bertz CT molecular complexity index is 833. The Balaban J connectivity index is 2.00. The van der Waals surface area contributed by atoms with Crippen molar-refractivity contribution in [3.63, 3.8) is 0 Å². The predicted molar refractivity (Wildman–Crippen MR) is 97.5 cm³/mol. The number of hydrogen-bond donors (Lipinski definition) is 1. The molecule has 0 aliphatic heterocycles. The summed E-state index contributed by atoms with van der Waals surface area (Å²) >= 11 is 1.07. The molecule has 1 N–H and O–H groups in total. The molecule has 25 heavy (non-hydrogen) atoms. The molecule has 0 saturated carbocycles. The predicted octanol–water partition coefficient (Wildman–Crippen LogP) is 3.98. The van der Waals surface area contributed by atoms with Crippen LogP contribution in [0.4, 0.5) is 5.69 Å². The first-order valence-electron chi connectivity index (χ1n) is 7.62. The molecule has 0 spiro atoms. The molecule has 0 unspecified atom stereocenters. The second kappa shape index (κ2) is 8.36. The Hall–Kier alpha value is -2.78. The summed E-state index contributed by atoms with van der Waals surface area (Å²) in [6.07, 6.45) is 0. The molecule has 2 aromatic carbocycles. The summed E-state index contributed by atoms with van der Waals surface area (Å²) in [7, 11) is 0. The lowest BCUT2D eigenvalue weighted by Crippen LogP contribution is -2.22. The van der Waals surface area contributed by atoms with Gasteiger partial charge in [-0.1, -0.05) is 18.2 Å². The van der Waals surface area contributed by atoms with E-state index in [4.69, 9.17) is 10.00 Å². The largest absolute Gasteiger partial charge is 0.452 e. The van der Waals surface area contributed by atoms with E-state index in [0.717, 1.165) is 33.3 Å². The van der Waals surface area contributed by atoms with Gasteiger partial charge in [0.25, 0.3) is 5.91 Å². The van der Waals surface area contributed by atoms with Crippen LogP contribution in [0.3, 0.4) is 0 Å². The van der Waals surface area contributed by atoms with Gasteiger partial charge in [-0.25, -0.2) is 4.79 Å². The van der Waals surface area contributed by atoms with Crippen LogP contribution in [0.5, 0.6) is 0 Å². The molecule has 0 aliphatic carbocycles. The second-order valence-electron chi connectivity index (χ2n) is 5.56. The van der Waals surface area contributed by atoms with Gasteiger partial charge in [0.1, 0.15) is 5.40 Å². The van der Waals surface area contributed by atoms with E-state index >= 15 is 0 Å². The maximum atomic E-state index is 12.1. The van der Waals surface area contributed by atoms with Crippen LogP contribution in [0.2, 0.25) is 0 Å². The van der Waals surface area contributed by atoms with Crippen molar-refractivity contribution in [2.24, 2.45) is 0 Å². The van der Waals surface area contributed by atoms with Crippen LogP contribution < -0.4 is 5.32 Å². The highest BCUT2D eigenvalue weighted by Gasteiger charge is 2.14. The van der Waals surface area contributed by atoms with Gasteiger partial charge in [-0.05, 0) is 67.4 Å². The number of nitrogens with one attached hydrogen (secondary N) is 1. The Kier molecular flexibility index (Phi) is 6.20. The zero-order chi connectivity index (χ0) is 18.4. The molecule has 128 valence electrons. The van der Waals surface area contributed by atoms with E-state index in [2.05, 4.69) is 5.32 Å². The van der Waals surface area contributed by atoms with Crippen LogP contribution in [-0.4, -0.2) is 18.5 Å². The molecule has 6 heteroatoms. The molecule has 0 atom stereocenters. The van der Waals surface area contributed by atoms with E-state index in [9.17, 15) is 9.59 Å². The molecular formula is C19H18N2O3S. The summed E-state index contributed by atoms with van der Waals surface area (Å²) < 4.78 is 5.09. The number of carbonyl (C=O) groups excluding carboxylic acids is 2. The summed E-state index contributed by atoms with van der Waals surface area (Å²) in [4.78, 5) is 25.0. The molecule has 1 amide bonds. The number of amides is 1. The minimum absolute atomic E-state index is 0.360. The van der Waals surface area contributed by atoms with E-state index in [1.54, 1.807) is 12.1 Å². The maximum absolute atomic E-state index is 12.1. The third-order valence-electron chi connectivity index (χ3n) is 3.63. The normalized spacial score (nSPS) is 10.0. The van der Waals surface area contributed by atoms with Crippen LogP contribution in [0.15, 0.2) is 41.3 Å². The molecule has 0 aromatic heterocycles. The van der Waals surface area contributed by atoms with Crippen LogP contribution in [-0.2, 0) is 9.53 Å². The lowest BCUT2D eigenvalue weighted by Gasteiger charge is -2.13. The highest BCUT2D eigenvalue weighted by atomic mass is 32.2. The molecule has 2 aromatic rings. The van der Waals surface area contributed by atoms with Crippen molar-refractivity contribution in [3.8, 4) is 5.40 Å². The highest BCUT2D eigenvalue weighted by Crippen LogP contribution is 2.27. The number of rotatable bonds is 5. The Morgan fingerprint density at radius 2 is 1.76 bits per heavy atom. The van der Waals surface area contributed by atoms with Crippen molar-refractivity contribution in [2.75, 3.05) is 11.9 Å². The number of thiocyanates is 1. The van der Waals surface area contributed by atoms with Gasteiger partial charge in [-0.2, -0.15) is 5.26 Å². The number of thioether (sulfide) groups is 1. The third-order valence-corrected chi connectivity index (χ3v) is 4.20. The average molecular weight is 354 g/mol. The molecule has 0 bridgehead atoms. The monoisotopic (exact) mass is 354 g/mol. The quantitative estimate of drug-likeness (QED) is 0.499. The molecular weight excluding hydrogens is 336 g/mol. The summed E-state index contributed by atoms with van der Waals surface area (Å²) in [6, 6.07) is 10.7. The number of ether oxygens (including phenoxy) is 1. The number of anilines is 1. The number of carbonyl (C=O) groups is 2. The topological polar surface area (TPSA) is 79.2 Å². The van der Waals surface area contributed by atoms with Gasteiger partial charge in [0.05, 0.1) is 5.56 Å². The first kappa shape index (κ1) is 18.6. The van der Waals surface area contributed by atoms with Crippen molar-refractivity contribution < 1.29 is 14.3 Å². The summed E-state index contributed by atoms with van der Waals surface area (Å²) in [5, 5.41) is 13.5. The van der Waals surface area contributed by atoms with Crippen molar-refractivity contribution in [3.05, 3.63) is 58.7 Å². The van der Waals surface area contributed by atoms with Gasteiger partial charge in [0.15, 0.2) is 6.61 Å². The van der Waals surface area contributed by atoms with Gasteiger partial charge >= 0.3 is 5.97 Å². The van der Waals surface area contributed by atoms with Gasteiger partial charge in [-0.3, -0.25) is 4.79 Å². The van der Waals surface area contributed by atoms with E-state index in [0.29, 0.717) is 11.3 Å². The zero-order valence-corrected chi connectivity index (χ0v) is 15.1. The van der Waals surface area contributed by atoms with Gasteiger partial charge < -0.3 is 10.1 Å². The summed E-state index contributed by atoms with van der Waals surface area (Å²) in [5.41, 5.74) is 3.60. The van der Waals surface area contributed by atoms with Crippen molar-refractivity contribution in [2.45, 2.75) is 25.7 Å². The minimum Gasteiger partial charge on any atom is -0.452 e. The van der Waals surface area contributed by atoms with E-state index in [1.807, 2.05) is 50.4 Å². The van der Waals surface area contributed by atoms with E-state index in [1.165, 1.54) is 0 Å². The van der Waals surface area contributed by atoms with E-state index < -0.39 is 11.9 Å². The van der Waals surface area contributed by atoms with Crippen molar-refractivity contribution in [1.29, 1.82) is 5.26 Å². The first-order valence-corrected chi connectivity index (χ1v) is 8.44. The van der Waals surface area contributed by atoms with Crippen LogP contribution in [0.1, 0.15) is 27.0 Å². The fourth-order valence-electron chi connectivity index (χ4n) is 2.42. The third kappa shape index (κ3) is 4.85. The van der Waals surface area contributed by atoms with Crippen LogP contribution >= 0.6 is 11.8 Å². The number of aryl methyl sites for hydroxylation is 3. The minimum atomic E-state index is -0.525. The Labute approximate surface area is 151 Å². The molecule has 0 aliphatic rings. The molecule has 5 nitrogen and oxygen atoms in total. The number of benzene rings is 2. The van der Waals surface area contributed by atoms with Gasteiger partial charge in [0, 0.05) is 10.6 Å². The number of esters is 1. The van der Waals surface area contributed by atoms with Crippen LogP contribution in [0.25, 0.3) is 0 Å². The fraction of sp³-hybridized carbons (Fsp3) is 0.211. The first-order chi connectivity index (χ1) is 11.9. The zero-order valence-electron chi connectivity index (χ0n) is 14.3. The van der Waals surface area contributed by atoms with Crippen molar-refractivity contribution in [1.82, 2.24) is 0 Å². The molecule has 0 heterocycles. The SMILES string of the molecule is Cc1ccccc1C(=O)OCC(=O)Nc1c(C)cc(SC#N)cc1C. The van der Waals surface area contributed by atoms with Crippen molar-refractivity contribution >= 4 is 29.3 Å². The fourth-order valence-corrected chi connectivity index (χ4v) is 3.00. The number of hydrogen-bond acceptors (Lipinski definition) is 5. The molecule has 0 fully saturated rings. The van der Waals surface area contributed by atoms with Gasteiger partial charge in [-0.15, -0.1) is 0 Å². The number of nitriles is 1. The maximum Gasteiger partial charge on any atom is 0.338 e. The smallest absolute Gasteiger partial charge is 0.338 e. The second-order valence-corrected chi connectivity index (χ2v) is 6.42. The van der Waals surface area contributed by atoms with Crippen LogP contribution in [0, 0.1) is 31.4 Å². The Morgan fingerprint density at radius 3 is 2.36 bits per heavy atom. The lowest BCUT2D eigenvalue weighted by atomic mass is 10.1. The summed E-state index contributed by atoms with van der Waals surface area (Å²) in [6.45, 7) is 5.15. The summed E-state index contributed by atoms with van der Waals surface area (Å²) in [5.74, 6) is -0.934. The molecule has 0 saturated heterocycles. The van der Waals surface area contributed by atoms with Gasteiger partial charge in [0.2, 0.25) is 0 Å². The number of nitrogens with zero attached hydrogens (tertiary/aromatic N) is 1. The lowest BCUT2D eigenvalue weighted by molar-refractivity contribution is -0.119. The Morgan fingerprint density at radius 1 is 1.12 bits per heavy atom. The molecule has 0 radical (unpaired) electrons. The highest BCUT2D eigenvalue weighted by molar-refractivity contribution is 8.03.